The third-order valence-electron chi connectivity index (χ3n) is 6.52. The Hall–Kier alpha value is -3.87. The van der Waals surface area contributed by atoms with Crippen molar-refractivity contribution in [3.05, 3.63) is 37.1 Å². The molecule has 0 bridgehead atoms. The van der Waals surface area contributed by atoms with Gasteiger partial charge in [0.1, 0.15) is 17.1 Å². The van der Waals surface area contributed by atoms with Gasteiger partial charge in [0.05, 0.1) is 42.3 Å². The maximum absolute atomic E-state index is 9.48. The van der Waals surface area contributed by atoms with Gasteiger partial charge >= 0.3 is 0 Å². The van der Waals surface area contributed by atoms with Gasteiger partial charge in [0.15, 0.2) is 5.75 Å². The van der Waals surface area contributed by atoms with Gasteiger partial charge in [0.2, 0.25) is 0 Å². The first-order valence-electron chi connectivity index (χ1n) is 11.6. The number of ether oxygens (including phenoxy) is 1. The lowest BCUT2D eigenvalue weighted by Gasteiger charge is -2.29. The van der Waals surface area contributed by atoms with Gasteiger partial charge < -0.3 is 10.1 Å². The van der Waals surface area contributed by atoms with E-state index in [-0.39, 0.29) is 12.1 Å². The van der Waals surface area contributed by atoms with Crippen molar-refractivity contribution in [1.82, 2.24) is 34.3 Å². The van der Waals surface area contributed by atoms with Crippen LogP contribution in [-0.4, -0.2) is 47.5 Å². The van der Waals surface area contributed by atoms with Crippen molar-refractivity contribution >= 4 is 16.7 Å². The van der Waals surface area contributed by atoms with Crippen molar-refractivity contribution in [2.75, 3.05) is 12.4 Å². The van der Waals surface area contributed by atoms with Crippen LogP contribution in [0.15, 0.2) is 37.1 Å². The lowest BCUT2D eigenvalue weighted by atomic mass is 9.93. The number of pyridine rings is 1. The van der Waals surface area contributed by atoms with Crippen molar-refractivity contribution in [3.8, 4) is 23.1 Å². The number of nitriles is 1. The third kappa shape index (κ3) is 3.98. The van der Waals surface area contributed by atoms with Crippen LogP contribution in [0.3, 0.4) is 0 Å². The molecule has 0 radical (unpaired) electrons. The van der Waals surface area contributed by atoms with Crippen molar-refractivity contribution in [1.29, 1.82) is 5.26 Å². The minimum atomic E-state index is -0.735. The predicted molar refractivity (Wildman–Crippen MR) is 128 cm³/mol. The van der Waals surface area contributed by atoms with Crippen LogP contribution in [0.2, 0.25) is 0 Å². The number of aromatic nitrogens is 7. The molecule has 1 aliphatic carbocycles. The average molecular weight is 460 g/mol. The molecule has 4 aromatic heterocycles. The smallest absolute Gasteiger partial charge is 0.157 e. The highest BCUT2D eigenvalue weighted by Crippen LogP contribution is 2.36. The van der Waals surface area contributed by atoms with Crippen LogP contribution in [0.1, 0.15) is 45.6 Å². The second-order valence-corrected chi connectivity index (χ2v) is 9.37. The molecule has 176 valence electrons. The molecule has 0 spiro atoms. The Morgan fingerprint density at radius 3 is 2.59 bits per heavy atom. The van der Waals surface area contributed by atoms with Gasteiger partial charge in [-0.25, -0.2) is 4.98 Å². The Bertz CT molecular complexity index is 1350. The maximum Gasteiger partial charge on any atom is 0.157 e. The summed E-state index contributed by atoms with van der Waals surface area (Å²) in [4.78, 5) is 4.53. The zero-order chi connectivity index (χ0) is 23.9. The summed E-state index contributed by atoms with van der Waals surface area (Å²) in [5.74, 6) is 1.62. The predicted octanol–water partition coefficient (Wildman–Crippen LogP) is 3.89. The van der Waals surface area contributed by atoms with E-state index >= 15 is 0 Å². The van der Waals surface area contributed by atoms with Crippen molar-refractivity contribution in [2.45, 2.75) is 57.2 Å². The topological polar surface area (TPSA) is 111 Å². The number of anilines is 1. The number of rotatable bonds is 6. The molecule has 0 amide bonds. The zero-order valence-corrected chi connectivity index (χ0v) is 19.9. The Morgan fingerprint density at radius 2 is 1.91 bits per heavy atom. The highest BCUT2D eigenvalue weighted by Gasteiger charge is 2.28. The van der Waals surface area contributed by atoms with Gasteiger partial charge in [0.25, 0.3) is 0 Å². The Morgan fingerprint density at radius 1 is 1.12 bits per heavy atom. The molecular weight excluding hydrogens is 430 g/mol. The van der Waals surface area contributed by atoms with Crippen molar-refractivity contribution < 1.29 is 4.74 Å². The van der Waals surface area contributed by atoms with Crippen LogP contribution in [-0.2, 0) is 12.6 Å². The Kier molecular flexibility index (Phi) is 5.48. The molecule has 0 saturated heterocycles. The molecular formula is C24H29N9O. The van der Waals surface area contributed by atoms with Gasteiger partial charge in [0, 0.05) is 43.5 Å². The highest BCUT2D eigenvalue weighted by atomic mass is 16.5. The SMILES string of the molecule is CNc1cc2c(cn1)c(-c1cnn(C(C)(C)C#N)c1)nn2C1CCC(Oc2cnn(C)c2)CC1. The van der Waals surface area contributed by atoms with Crippen LogP contribution in [0.4, 0.5) is 5.82 Å². The summed E-state index contributed by atoms with van der Waals surface area (Å²) in [7, 11) is 3.76. The highest BCUT2D eigenvalue weighted by molar-refractivity contribution is 5.93. The Labute approximate surface area is 198 Å². The molecule has 0 aliphatic heterocycles. The normalized spacial score (nSPS) is 18.7. The van der Waals surface area contributed by atoms with Crippen molar-refractivity contribution in [2.24, 2.45) is 7.05 Å². The summed E-state index contributed by atoms with van der Waals surface area (Å²) < 4.78 is 11.7. The fraction of sp³-hybridized carbons (Fsp3) is 0.458. The fourth-order valence-corrected chi connectivity index (χ4v) is 4.52. The molecule has 10 heteroatoms. The monoisotopic (exact) mass is 459 g/mol. The Balaban J connectivity index is 1.44. The molecule has 5 rings (SSSR count). The summed E-state index contributed by atoms with van der Waals surface area (Å²) in [6, 6.07) is 4.61. The first kappa shape index (κ1) is 21.9. The first-order chi connectivity index (χ1) is 16.4. The first-order valence-corrected chi connectivity index (χ1v) is 11.6. The standard InChI is InChI=1S/C24H29N9O/c1-24(2,15-25)32-13-16(10-29-32)23-20-12-27-22(26-3)9-21(20)33(30-23)17-5-7-18(8-6-17)34-19-11-28-31(4)14-19/h9-14,17-18H,5-8H2,1-4H3,(H,26,27). The average Bonchev–Trinajstić information content (AvgIpc) is 3.58. The summed E-state index contributed by atoms with van der Waals surface area (Å²) in [5, 5.41) is 27.3. The zero-order valence-electron chi connectivity index (χ0n) is 19.9. The number of hydrogen-bond donors (Lipinski definition) is 1. The molecule has 0 aromatic carbocycles. The molecule has 4 heterocycles. The van der Waals surface area contributed by atoms with E-state index in [0.717, 1.165) is 59.4 Å². The second-order valence-electron chi connectivity index (χ2n) is 9.37. The molecule has 4 aromatic rings. The van der Waals surface area contributed by atoms with E-state index in [9.17, 15) is 5.26 Å². The quantitative estimate of drug-likeness (QED) is 0.465. The van der Waals surface area contributed by atoms with Crippen LogP contribution in [0, 0.1) is 11.3 Å². The lowest BCUT2D eigenvalue weighted by molar-refractivity contribution is 0.131. The van der Waals surface area contributed by atoms with Gasteiger partial charge in [-0.05, 0) is 39.5 Å². The lowest BCUT2D eigenvalue weighted by Crippen LogP contribution is -2.26. The molecule has 1 N–H and O–H groups in total. The van der Waals surface area contributed by atoms with Crippen LogP contribution < -0.4 is 10.1 Å². The largest absolute Gasteiger partial charge is 0.487 e. The number of fused-ring (bicyclic) bond motifs is 1. The van der Waals surface area contributed by atoms with Crippen LogP contribution in [0.5, 0.6) is 5.75 Å². The minimum absolute atomic E-state index is 0.183. The minimum Gasteiger partial charge on any atom is -0.487 e. The van der Waals surface area contributed by atoms with Crippen LogP contribution in [0.25, 0.3) is 22.2 Å². The van der Waals surface area contributed by atoms with Crippen LogP contribution >= 0.6 is 0 Å². The van der Waals surface area contributed by atoms with Gasteiger partial charge in [-0.15, -0.1) is 0 Å². The third-order valence-corrected chi connectivity index (χ3v) is 6.52. The van der Waals surface area contributed by atoms with E-state index in [2.05, 4.69) is 31.2 Å². The maximum atomic E-state index is 9.48. The molecule has 1 fully saturated rings. The summed E-state index contributed by atoms with van der Waals surface area (Å²) in [6.07, 6.45) is 13.2. The van der Waals surface area contributed by atoms with Gasteiger partial charge in [-0.3, -0.25) is 14.0 Å². The number of hydrogen-bond acceptors (Lipinski definition) is 7. The molecule has 1 aliphatic rings. The molecule has 0 unspecified atom stereocenters. The summed E-state index contributed by atoms with van der Waals surface area (Å²) in [6.45, 7) is 3.68. The van der Waals surface area contributed by atoms with Gasteiger partial charge in [-0.1, -0.05) is 0 Å². The number of nitrogens with one attached hydrogen (secondary N) is 1. The summed E-state index contributed by atoms with van der Waals surface area (Å²) >= 11 is 0. The number of nitrogens with zero attached hydrogens (tertiary/aromatic N) is 8. The van der Waals surface area contributed by atoms with E-state index < -0.39 is 5.54 Å². The number of aryl methyl sites for hydroxylation is 1. The van der Waals surface area contributed by atoms with Crippen molar-refractivity contribution in [3.63, 3.8) is 0 Å². The van der Waals surface area contributed by atoms with E-state index in [0.29, 0.717) is 0 Å². The molecule has 10 nitrogen and oxygen atoms in total. The van der Waals surface area contributed by atoms with E-state index in [1.807, 2.05) is 52.6 Å². The van der Waals surface area contributed by atoms with Gasteiger partial charge in [-0.2, -0.15) is 20.6 Å². The van der Waals surface area contributed by atoms with E-state index in [1.165, 1.54) is 0 Å². The van der Waals surface area contributed by atoms with E-state index in [1.54, 1.807) is 21.8 Å². The second kappa shape index (κ2) is 8.48. The molecule has 0 atom stereocenters. The fourth-order valence-electron chi connectivity index (χ4n) is 4.52. The molecule has 34 heavy (non-hydrogen) atoms. The molecule has 1 saturated carbocycles. The summed E-state index contributed by atoms with van der Waals surface area (Å²) in [5.41, 5.74) is 2.01. The van der Waals surface area contributed by atoms with E-state index in [4.69, 9.17) is 9.84 Å².